The van der Waals surface area contributed by atoms with Crippen molar-refractivity contribution >= 4 is 27.5 Å². The lowest BCUT2D eigenvalue weighted by Crippen LogP contribution is -2.50. The third-order valence-electron chi connectivity index (χ3n) is 5.12. The SMILES string of the molecule is C[C@@H](c1nc2ccccc2s1)N1CCN(C(=O)[C@@H]2CCOC2)CC1. The molecule has 5 nitrogen and oxygen atoms in total. The normalized spacial score (nSPS) is 23.7. The van der Waals surface area contributed by atoms with Crippen LogP contribution in [0.3, 0.4) is 0 Å². The first kappa shape index (κ1) is 16.0. The minimum Gasteiger partial charge on any atom is -0.381 e. The molecule has 1 aromatic heterocycles. The van der Waals surface area contributed by atoms with Crippen LogP contribution in [-0.2, 0) is 9.53 Å². The number of fused-ring (bicyclic) bond motifs is 1. The van der Waals surface area contributed by atoms with Gasteiger partial charge in [0.05, 0.1) is 28.8 Å². The summed E-state index contributed by atoms with van der Waals surface area (Å²) in [5.41, 5.74) is 1.08. The number of rotatable bonds is 3. The third-order valence-corrected chi connectivity index (χ3v) is 6.33. The van der Waals surface area contributed by atoms with E-state index in [4.69, 9.17) is 9.72 Å². The Balaban J connectivity index is 1.38. The molecule has 0 saturated carbocycles. The predicted molar refractivity (Wildman–Crippen MR) is 95.1 cm³/mol. The molecule has 2 aliphatic rings. The fourth-order valence-corrected chi connectivity index (χ4v) is 4.60. The summed E-state index contributed by atoms with van der Waals surface area (Å²) in [6.07, 6.45) is 0.876. The van der Waals surface area contributed by atoms with Crippen LogP contribution in [-0.4, -0.2) is 60.1 Å². The van der Waals surface area contributed by atoms with Crippen molar-refractivity contribution in [3.05, 3.63) is 29.3 Å². The van der Waals surface area contributed by atoms with E-state index in [1.165, 1.54) is 9.71 Å². The molecule has 2 aliphatic heterocycles. The van der Waals surface area contributed by atoms with Crippen molar-refractivity contribution in [2.45, 2.75) is 19.4 Å². The van der Waals surface area contributed by atoms with Gasteiger partial charge in [-0.05, 0) is 25.5 Å². The van der Waals surface area contributed by atoms with E-state index in [9.17, 15) is 4.79 Å². The van der Waals surface area contributed by atoms with Crippen LogP contribution in [0.1, 0.15) is 24.4 Å². The lowest BCUT2D eigenvalue weighted by atomic mass is 10.1. The number of hydrogen-bond donors (Lipinski definition) is 0. The highest BCUT2D eigenvalue weighted by Gasteiger charge is 2.31. The second kappa shape index (κ2) is 6.78. The summed E-state index contributed by atoms with van der Waals surface area (Å²) < 4.78 is 6.60. The van der Waals surface area contributed by atoms with Crippen LogP contribution in [0.2, 0.25) is 0 Å². The zero-order chi connectivity index (χ0) is 16.5. The van der Waals surface area contributed by atoms with E-state index in [2.05, 4.69) is 30.0 Å². The molecule has 3 heterocycles. The average Bonchev–Trinajstić information content (AvgIpc) is 3.30. The van der Waals surface area contributed by atoms with Crippen LogP contribution in [0, 0.1) is 5.92 Å². The number of para-hydroxylation sites is 1. The fraction of sp³-hybridized carbons (Fsp3) is 0.556. The zero-order valence-corrected chi connectivity index (χ0v) is 14.8. The molecule has 2 saturated heterocycles. The molecular formula is C18H23N3O2S. The van der Waals surface area contributed by atoms with E-state index >= 15 is 0 Å². The molecule has 4 rings (SSSR count). The van der Waals surface area contributed by atoms with Crippen molar-refractivity contribution < 1.29 is 9.53 Å². The van der Waals surface area contributed by atoms with Gasteiger partial charge in [-0.1, -0.05) is 12.1 Å². The Kier molecular flexibility index (Phi) is 4.52. The van der Waals surface area contributed by atoms with Crippen molar-refractivity contribution in [1.82, 2.24) is 14.8 Å². The van der Waals surface area contributed by atoms with Gasteiger partial charge in [-0.15, -0.1) is 11.3 Å². The lowest BCUT2D eigenvalue weighted by Gasteiger charge is -2.38. The van der Waals surface area contributed by atoms with Gasteiger partial charge in [0, 0.05) is 32.8 Å². The highest BCUT2D eigenvalue weighted by molar-refractivity contribution is 7.18. The molecule has 0 spiro atoms. The number of carbonyl (C=O) groups is 1. The number of nitrogens with zero attached hydrogens (tertiary/aromatic N) is 3. The Labute approximate surface area is 146 Å². The molecule has 2 fully saturated rings. The van der Waals surface area contributed by atoms with Gasteiger partial charge in [-0.2, -0.15) is 0 Å². The number of amides is 1. The van der Waals surface area contributed by atoms with Gasteiger partial charge in [0.15, 0.2) is 0 Å². The van der Waals surface area contributed by atoms with E-state index in [0.29, 0.717) is 12.6 Å². The second-order valence-electron chi connectivity index (χ2n) is 6.62. The van der Waals surface area contributed by atoms with Crippen LogP contribution in [0.15, 0.2) is 24.3 Å². The van der Waals surface area contributed by atoms with E-state index in [0.717, 1.165) is 44.7 Å². The summed E-state index contributed by atoms with van der Waals surface area (Å²) in [6.45, 7) is 6.99. The summed E-state index contributed by atoms with van der Waals surface area (Å²) in [4.78, 5) is 21.7. The number of ether oxygens (including phenoxy) is 1. The van der Waals surface area contributed by atoms with Crippen LogP contribution in [0.25, 0.3) is 10.2 Å². The van der Waals surface area contributed by atoms with E-state index < -0.39 is 0 Å². The molecule has 0 N–H and O–H groups in total. The number of benzene rings is 1. The molecule has 1 amide bonds. The Morgan fingerprint density at radius 1 is 1.29 bits per heavy atom. The molecule has 0 unspecified atom stereocenters. The molecule has 24 heavy (non-hydrogen) atoms. The highest BCUT2D eigenvalue weighted by atomic mass is 32.1. The Hall–Kier alpha value is -1.50. The smallest absolute Gasteiger partial charge is 0.228 e. The Bertz CT molecular complexity index is 685. The van der Waals surface area contributed by atoms with Crippen molar-refractivity contribution in [2.24, 2.45) is 5.92 Å². The summed E-state index contributed by atoms with van der Waals surface area (Å²) >= 11 is 1.78. The molecule has 6 heteroatoms. The summed E-state index contributed by atoms with van der Waals surface area (Å²) in [6, 6.07) is 8.60. The summed E-state index contributed by atoms with van der Waals surface area (Å²) in [7, 11) is 0. The number of carbonyl (C=O) groups excluding carboxylic acids is 1. The van der Waals surface area contributed by atoms with Crippen molar-refractivity contribution in [3.8, 4) is 0 Å². The van der Waals surface area contributed by atoms with Crippen molar-refractivity contribution in [3.63, 3.8) is 0 Å². The molecule has 2 atom stereocenters. The van der Waals surface area contributed by atoms with Crippen LogP contribution in [0.5, 0.6) is 0 Å². The van der Waals surface area contributed by atoms with Gasteiger partial charge < -0.3 is 9.64 Å². The second-order valence-corrected chi connectivity index (χ2v) is 7.68. The maximum Gasteiger partial charge on any atom is 0.228 e. The van der Waals surface area contributed by atoms with Crippen LogP contribution < -0.4 is 0 Å². The van der Waals surface area contributed by atoms with Gasteiger partial charge in [0.2, 0.25) is 5.91 Å². The Morgan fingerprint density at radius 2 is 2.08 bits per heavy atom. The Morgan fingerprint density at radius 3 is 2.79 bits per heavy atom. The van der Waals surface area contributed by atoms with E-state index in [1.54, 1.807) is 11.3 Å². The number of aromatic nitrogens is 1. The molecule has 1 aromatic carbocycles. The monoisotopic (exact) mass is 345 g/mol. The van der Waals surface area contributed by atoms with Crippen molar-refractivity contribution in [2.75, 3.05) is 39.4 Å². The third kappa shape index (κ3) is 3.06. The first-order valence-electron chi connectivity index (χ1n) is 8.68. The minimum atomic E-state index is 0.0817. The highest BCUT2D eigenvalue weighted by Crippen LogP contribution is 2.30. The summed E-state index contributed by atoms with van der Waals surface area (Å²) in [5, 5.41) is 1.17. The summed E-state index contributed by atoms with van der Waals surface area (Å²) in [5.74, 6) is 0.359. The average molecular weight is 345 g/mol. The quantitative estimate of drug-likeness (QED) is 0.858. The van der Waals surface area contributed by atoms with E-state index in [-0.39, 0.29) is 11.8 Å². The van der Waals surface area contributed by atoms with Crippen LogP contribution in [0.4, 0.5) is 0 Å². The molecule has 128 valence electrons. The molecule has 0 radical (unpaired) electrons. The molecular weight excluding hydrogens is 322 g/mol. The maximum atomic E-state index is 12.5. The molecule has 0 aliphatic carbocycles. The first-order chi connectivity index (χ1) is 11.7. The predicted octanol–water partition coefficient (Wildman–Crippen LogP) is 2.54. The van der Waals surface area contributed by atoms with Gasteiger partial charge >= 0.3 is 0 Å². The first-order valence-corrected chi connectivity index (χ1v) is 9.50. The number of thiazole rings is 1. The van der Waals surface area contributed by atoms with Crippen LogP contribution >= 0.6 is 11.3 Å². The minimum absolute atomic E-state index is 0.0817. The maximum absolute atomic E-state index is 12.5. The van der Waals surface area contributed by atoms with Gasteiger partial charge in [0.1, 0.15) is 5.01 Å². The molecule has 2 aromatic rings. The van der Waals surface area contributed by atoms with Gasteiger partial charge in [-0.3, -0.25) is 9.69 Å². The number of hydrogen-bond acceptors (Lipinski definition) is 5. The van der Waals surface area contributed by atoms with E-state index in [1.807, 2.05) is 11.0 Å². The zero-order valence-electron chi connectivity index (χ0n) is 14.0. The number of piperazine rings is 1. The topological polar surface area (TPSA) is 45.7 Å². The largest absolute Gasteiger partial charge is 0.381 e. The lowest BCUT2D eigenvalue weighted by molar-refractivity contribution is -0.137. The fourth-order valence-electron chi connectivity index (χ4n) is 3.54. The van der Waals surface area contributed by atoms with Gasteiger partial charge in [0.25, 0.3) is 0 Å². The molecule has 0 bridgehead atoms. The van der Waals surface area contributed by atoms with Gasteiger partial charge in [-0.25, -0.2) is 4.98 Å². The van der Waals surface area contributed by atoms with Crippen molar-refractivity contribution in [1.29, 1.82) is 0 Å². The standard InChI is InChI=1S/C18H23N3O2S/c1-13(17-19-15-4-2-3-5-16(15)24-17)20-7-9-21(10-8-20)18(22)14-6-11-23-12-14/h2-5,13-14H,6-12H2,1H3/t13-,14+/m0/s1.